The van der Waals surface area contributed by atoms with Crippen molar-refractivity contribution in [3.63, 3.8) is 0 Å². The molecule has 0 unspecified atom stereocenters. The minimum absolute atomic E-state index is 0.0410. The third-order valence-electron chi connectivity index (χ3n) is 2.79. The van der Waals surface area contributed by atoms with Crippen LogP contribution in [0.15, 0.2) is 41.5 Å². The molecule has 0 bridgehead atoms. The van der Waals surface area contributed by atoms with Gasteiger partial charge in [-0.05, 0) is 17.7 Å². The van der Waals surface area contributed by atoms with Crippen LogP contribution in [0.5, 0.6) is 11.6 Å². The number of hydrogen-bond donors (Lipinski definition) is 2. The first-order valence-electron chi connectivity index (χ1n) is 6.03. The van der Waals surface area contributed by atoms with Crippen LogP contribution < -0.4 is 10.4 Å². The molecule has 0 fully saturated rings. The predicted molar refractivity (Wildman–Crippen MR) is 71.5 cm³/mol. The van der Waals surface area contributed by atoms with Crippen molar-refractivity contribution >= 4 is 11.6 Å². The lowest BCUT2D eigenvalue weighted by Crippen LogP contribution is -2.09. The number of nitrogens with one attached hydrogen (secondary N) is 1. The second-order valence-corrected chi connectivity index (χ2v) is 4.30. The molecule has 1 aromatic carbocycles. The zero-order chi connectivity index (χ0) is 14.8. The summed E-state index contributed by atoms with van der Waals surface area (Å²) in [7, 11) is 0. The number of aromatic amines is 1. The molecule has 0 saturated heterocycles. The largest absolute Gasteiger partial charge is 0.481 e. The van der Waals surface area contributed by atoms with Crippen LogP contribution in [0.2, 0.25) is 0 Å². The Morgan fingerprint density at radius 3 is 2.81 bits per heavy atom. The van der Waals surface area contributed by atoms with Crippen molar-refractivity contribution in [1.82, 2.24) is 19.6 Å². The molecule has 2 N–H and O–H groups in total. The van der Waals surface area contributed by atoms with E-state index in [1.54, 1.807) is 24.3 Å². The lowest BCUT2D eigenvalue weighted by atomic mass is 10.1. The molecular weight excluding hydrogens is 276 g/mol. The minimum atomic E-state index is -0.889. The van der Waals surface area contributed by atoms with Gasteiger partial charge >= 0.3 is 11.7 Å². The number of aromatic nitrogens is 4. The van der Waals surface area contributed by atoms with Crippen molar-refractivity contribution in [2.75, 3.05) is 0 Å². The van der Waals surface area contributed by atoms with E-state index in [9.17, 15) is 9.59 Å². The molecule has 0 aliphatic carbocycles. The number of ether oxygens (including phenoxy) is 1. The van der Waals surface area contributed by atoms with Gasteiger partial charge in [0.15, 0.2) is 5.65 Å². The Morgan fingerprint density at radius 1 is 1.33 bits per heavy atom. The Bertz CT molecular complexity index is 850. The molecule has 8 nitrogen and oxygen atoms in total. The summed E-state index contributed by atoms with van der Waals surface area (Å²) < 4.78 is 6.78. The van der Waals surface area contributed by atoms with E-state index in [1.165, 1.54) is 16.8 Å². The number of fused-ring (bicyclic) bond motifs is 1. The number of hydrogen-bond acceptors (Lipinski definition) is 5. The van der Waals surface area contributed by atoms with Crippen LogP contribution in [0.1, 0.15) is 5.56 Å². The van der Waals surface area contributed by atoms with Gasteiger partial charge in [0.2, 0.25) is 5.88 Å². The smallest absolute Gasteiger partial charge is 0.348 e. The SMILES string of the molecule is O=C(O)Cc1ccc(Oc2cc3n[nH]c(=O)n3cn2)cc1. The molecule has 3 rings (SSSR count). The second kappa shape index (κ2) is 5.08. The first-order valence-corrected chi connectivity index (χ1v) is 6.03. The first kappa shape index (κ1) is 12.9. The third-order valence-corrected chi connectivity index (χ3v) is 2.79. The molecule has 2 aromatic heterocycles. The molecule has 0 saturated carbocycles. The van der Waals surface area contributed by atoms with Gasteiger partial charge in [0.25, 0.3) is 0 Å². The zero-order valence-electron chi connectivity index (χ0n) is 10.7. The highest BCUT2D eigenvalue weighted by atomic mass is 16.5. The van der Waals surface area contributed by atoms with Gasteiger partial charge in [-0.25, -0.2) is 19.3 Å². The first-order chi connectivity index (χ1) is 10.1. The van der Waals surface area contributed by atoms with Crippen molar-refractivity contribution in [2.24, 2.45) is 0 Å². The van der Waals surface area contributed by atoms with Crippen molar-refractivity contribution in [3.8, 4) is 11.6 Å². The van der Waals surface area contributed by atoms with Crippen molar-refractivity contribution in [2.45, 2.75) is 6.42 Å². The Kier molecular flexibility index (Phi) is 3.11. The van der Waals surface area contributed by atoms with Crippen LogP contribution in [0, 0.1) is 0 Å². The molecule has 0 aliphatic heterocycles. The maximum Gasteiger partial charge on any atom is 0.348 e. The lowest BCUT2D eigenvalue weighted by molar-refractivity contribution is -0.136. The molecule has 0 amide bonds. The van der Waals surface area contributed by atoms with Crippen LogP contribution in [0.3, 0.4) is 0 Å². The van der Waals surface area contributed by atoms with E-state index >= 15 is 0 Å². The highest BCUT2D eigenvalue weighted by Gasteiger charge is 2.05. The van der Waals surface area contributed by atoms with Crippen LogP contribution in [-0.2, 0) is 11.2 Å². The fraction of sp³-hybridized carbons (Fsp3) is 0.0769. The quantitative estimate of drug-likeness (QED) is 0.735. The molecule has 106 valence electrons. The van der Waals surface area contributed by atoms with Gasteiger partial charge < -0.3 is 9.84 Å². The molecule has 3 aromatic rings. The molecular formula is C13H10N4O4. The van der Waals surface area contributed by atoms with E-state index in [4.69, 9.17) is 9.84 Å². The zero-order valence-corrected chi connectivity index (χ0v) is 10.7. The summed E-state index contributed by atoms with van der Waals surface area (Å²) >= 11 is 0. The number of benzene rings is 1. The monoisotopic (exact) mass is 286 g/mol. The fourth-order valence-corrected chi connectivity index (χ4v) is 1.82. The topological polar surface area (TPSA) is 110 Å². The highest BCUT2D eigenvalue weighted by Crippen LogP contribution is 2.20. The molecule has 0 radical (unpaired) electrons. The average molecular weight is 286 g/mol. The van der Waals surface area contributed by atoms with Crippen LogP contribution in [0.4, 0.5) is 0 Å². The molecule has 0 aliphatic rings. The fourth-order valence-electron chi connectivity index (χ4n) is 1.82. The Hall–Kier alpha value is -3.16. The number of carboxylic acids is 1. The van der Waals surface area contributed by atoms with Crippen LogP contribution in [-0.4, -0.2) is 30.7 Å². The summed E-state index contributed by atoms with van der Waals surface area (Å²) in [6.45, 7) is 0. The predicted octanol–water partition coefficient (Wildman–Crippen LogP) is 0.837. The molecule has 0 spiro atoms. The Balaban J connectivity index is 1.81. The number of aliphatic carboxylic acids is 1. The number of carbonyl (C=O) groups is 1. The molecule has 21 heavy (non-hydrogen) atoms. The van der Waals surface area contributed by atoms with Crippen LogP contribution >= 0.6 is 0 Å². The molecule has 8 heteroatoms. The van der Waals surface area contributed by atoms with Gasteiger partial charge in [-0.1, -0.05) is 12.1 Å². The summed E-state index contributed by atoms with van der Waals surface area (Å²) in [5, 5.41) is 14.8. The number of H-pyrrole nitrogens is 1. The Morgan fingerprint density at radius 2 is 2.10 bits per heavy atom. The van der Waals surface area contributed by atoms with E-state index in [-0.39, 0.29) is 18.0 Å². The second-order valence-electron chi connectivity index (χ2n) is 4.30. The van der Waals surface area contributed by atoms with Gasteiger partial charge in [-0.15, -0.1) is 0 Å². The van der Waals surface area contributed by atoms with Crippen molar-refractivity contribution in [1.29, 1.82) is 0 Å². The molecule has 2 heterocycles. The Labute approximate surface area is 117 Å². The summed E-state index contributed by atoms with van der Waals surface area (Å²) in [6, 6.07) is 8.16. The summed E-state index contributed by atoms with van der Waals surface area (Å²) in [5.41, 5.74) is 0.701. The average Bonchev–Trinajstić information content (AvgIpc) is 2.82. The number of carboxylic acid groups (broad SMARTS) is 1. The summed E-state index contributed by atoms with van der Waals surface area (Å²) in [6.07, 6.45) is 1.27. The summed E-state index contributed by atoms with van der Waals surface area (Å²) in [5.74, 6) is -0.0916. The number of rotatable bonds is 4. The van der Waals surface area contributed by atoms with E-state index in [0.29, 0.717) is 17.0 Å². The van der Waals surface area contributed by atoms with Gasteiger partial charge in [-0.2, -0.15) is 5.10 Å². The maximum absolute atomic E-state index is 11.3. The highest BCUT2D eigenvalue weighted by molar-refractivity contribution is 5.70. The van der Waals surface area contributed by atoms with Gasteiger partial charge in [0.05, 0.1) is 6.42 Å². The van der Waals surface area contributed by atoms with Crippen molar-refractivity contribution < 1.29 is 14.6 Å². The van der Waals surface area contributed by atoms with E-state index in [1.807, 2.05) is 0 Å². The lowest BCUT2D eigenvalue weighted by Gasteiger charge is -2.05. The third kappa shape index (κ3) is 2.73. The van der Waals surface area contributed by atoms with Gasteiger partial charge in [0, 0.05) is 6.07 Å². The van der Waals surface area contributed by atoms with Crippen LogP contribution in [0.25, 0.3) is 5.65 Å². The number of nitrogens with zero attached hydrogens (tertiary/aromatic N) is 3. The van der Waals surface area contributed by atoms with E-state index in [2.05, 4.69) is 15.2 Å². The minimum Gasteiger partial charge on any atom is -0.481 e. The van der Waals surface area contributed by atoms with Gasteiger partial charge in [-0.3, -0.25) is 4.79 Å². The molecule has 0 atom stereocenters. The maximum atomic E-state index is 11.3. The van der Waals surface area contributed by atoms with Gasteiger partial charge in [0.1, 0.15) is 12.1 Å². The van der Waals surface area contributed by atoms with Crippen molar-refractivity contribution in [3.05, 3.63) is 52.7 Å². The normalized spacial score (nSPS) is 10.7. The summed E-state index contributed by atoms with van der Waals surface area (Å²) in [4.78, 5) is 25.9. The van der Waals surface area contributed by atoms with E-state index < -0.39 is 5.97 Å². The van der Waals surface area contributed by atoms with E-state index in [0.717, 1.165) is 0 Å². The standard InChI is InChI=1S/C13H10N4O4/c18-12(19)5-8-1-3-9(4-2-8)21-11-6-10-15-16-13(20)17(10)7-14-11/h1-4,6-7H,5H2,(H,16,20)(H,18,19).